The lowest BCUT2D eigenvalue weighted by molar-refractivity contribution is 0.419. The molecular weight excluding hydrogens is 265 g/mol. The van der Waals surface area contributed by atoms with E-state index in [1.807, 2.05) is 12.1 Å². The first-order chi connectivity index (χ1) is 8.67. The molecule has 0 aromatic heterocycles. The Hall–Kier alpha value is -0.240. The Bertz CT molecular complexity index is 352. The van der Waals surface area contributed by atoms with Crippen LogP contribution in [-0.4, -0.2) is 6.54 Å². The molecule has 0 bridgehead atoms. The number of benzene rings is 1. The van der Waals surface area contributed by atoms with E-state index in [4.69, 9.17) is 23.2 Å². The minimum Gasteiger partial charge on any atom is -0.312 e. The molecule has 1 aromatic carbocycles. The molecule has 102 valence electrons. The van der Waals surface area contributed by atoms with E-state index < -0.39 is 0 Å². The van der Waals surface area contributed by atoms with Gasteiger partial charge in [0.2, 0.25) is 0 Å². The van der Waals surface area contributed by atoms with Gasteiger partial charge in [0.05, 0.1) is 0 Å². The summed E-state index contributed by atoms with van der Waals surface area (Å²) in [4.78, 5) is 0. The largest absolute Gasteiger partial charge is 0.312 e. The van der Waals surface area contributed by atoms with Crippen LogP contribution in [0.2, 0.25) is 10.0 Å². The Balaban J connectivity index is 2.35. The third-order valence-corrected chi connectivity index (χ3v) is 3.89. The van der Waals surface area contributed by atoms with Gasteiger partial charge in [0.1, 0.15) is 0 Å². The molecule has 0 aliphatic rings. The second-order valence-electron chi connectivity index (χ2n) is 4.78. The van der Waals surface area contributed by atoms with Gasteiger partial charge in [-0.1, -0.05) is 62.4 Å². The molecule has 1 nitrogen and oxygen atoms in total. The van der Waals surface area contributed by atoms with Gasteiger partial charge in [-0.15, -0.1) is 0 Å². The van der Waals surface area contributed by atoms with E-state index in [1.54, 1.807) is 6.07 Å². The summed E-state index contributed by atoms with van der Waals surface area (Å²) in [5, 5.41) is 4.93. The standard InChI is InChI=1S/C15H23Cl2N/c1-3-5-6-12(4-2)10-18-11-13-7-8-14(16)9-15(13)17/h7-9,12,18H,3-6,10-11H2,1-2H3/t12-/m0/s1. The summed E-state index contributed by atoms with van der Waals surface area (Å²) < 4.78 is 0. The third-order valence-electron chi connectivity index (χ3n) is 3.31. The Kier molecular flexibility index (Phi) is 7.73. The summed E-state index contributed by atoms with van der Waals surface area (Å²) in [6.07, 6.45) is 5.15. The average molecular weight is 288 g/mol. The molecule has 18 heavy (non-hydrogen) atoms. The van der Waals surface area contributed by atoms with Crippen molar-refractivity contribution in [3.05, 3.63) is 33.8 Å². The van der Waals surface area contributed by atoms with Crippen LogP contribution in [0.4, 0.5) is 0 Å². The Morgan fingerprint density at radius 2 is 2.00 bits per heavy atom. The molecule has 1 rings (SSSR count). The van der Waals surface area contributed by atoms with Crippen LogP contribution in [0.15, 0.2) is 18.2 Å². The van der Waals surface area contributed by atoms with Crippen molar-refractivity contribution in [2.75, 3.05) is 6.54 Å². The highest BCUT2D eigenvalue weighted by molar-refractivity contribution is 6.35. The molecule has 0 fully saturated rings. The van der Waals surface area contributed by atoms with E-state index in [1.165, 1.54) is 25.7 Å². The first-order valence-corrected chi connectivity index (χ1v) is 7.57. The van der Waals surface area contributed by atoms with Gasteiger partial charge in [0.25, 0.3) is 0 Å². The number of hydrogen-bond acceptors (Lipinski definition) is 1. The number of nitrogens with one attached hydrogen (secondary N) is 1. The second kappa shape index (κ2) is 8.79. The fraction of sp³-hybridized carbons (Fsp3) is 0.600. The van der Waals surface area contributed by atoms with Crippen molar-refractivity contribution in [3.8, 4) is 0 Å². The third kappa shape index (κ3) is 5.60. The lowest BCUT2D eigenvalue weighted by atomic mass is 9.99. The van der Waals surface area contributed by atoms with Gasteiger partial charge in [-0.2, -0.15) is 0 Å². The summed E-state index contributed by atoms with van der Waals surface area (Å²) in [6, 6.07) is 5.68. The fourth-order valence-electron chi connectivity index (χ4n) is 2.02. The summed E-state index contributed by atoms with van der Waals surface area (Å²) in [5.41, 5.74) is 1.12. The summed E-state index contributed by atoms with van der Waals surface area (Å²) >= 11 is 12.0. The predicted octanol–water partition coefficient (Wildman–Crippen LogP) is 5.30. The molecule has 0 aliphatic carbocycles. The SMILES string of the molecule is CCCC[C@H](CC)CNCc1ccc(Cl)cc1Cl. The number of unbranched alkanes of at least 4 members (excludes halogenated alkanes) is 1. The molecule has 1 N–H and O–H groups in total. The normalized spacial score (nSPS) is 12.7. The lowest BCUT2D eigenvalue weighted by Crippen LogP contribution is -2.22. The molecule has 0 spiro atoms. The molecule has 1 aromatic rings. The minimum absolute atomic E-state index is 0.693. The van der Waals surface area contributed by atoms with Crippen LogP contribution < -0.4 is 5.32 Å². The first kappa shape index (κ1) is 15.8. The number of rotatable bonds is 8. The van der Waals surface area contributed by atoms with Gasteiger partial charge >= 0.3 is 0 Å². The van der Waals surface area contributed by atoms with Crippen molar-refractivity contribution >= 4 is 23.2 Å². The predicted molar refractivity (Wildman–Crippen MR) is 81.5 cm³/mol. The molecule has 0 unspecified atom stereocenters. The highest BCUT2D eigenvalue weighted by atomic mass is 35.5. The van der Waals surface area contributed by atoms with Crippen LogP contribution in [0.3, 0.4) is 0 Å². The Morgan fingerprint density at radius 3 is 2.61 bits per heavy atom. The van der Waals surface area contributed by atoms with Crippen LogP contribution in [0.1, 0.15) is 45.1 Å². The molecule has 0 saturated carbocycles. The summed E-state index contributed by atoms with van der Waals surface area (Å²) in [7, 11) is 0. The Labute approximate surface area is 121 Å². The van der Waals surface area contributed by atoms with Crippen molar-refractivity contribution in [2.45, 2.75) is 46.1 Å². The van der Waals surface area contributed by atoms with Gasteiger partial charge in [0, 0.05) is 16.6 Å². The molecule has 0 aliphatic heterocycles. The van der Waals surface area contributed by atoms with E-state index in [9.17, 15) is 0 Å². The maximum atomic E-state index is 6.14. The number of hydrogen-bond donors (Lipinski definition) is 1. The summed E-state index contributed by atoms with van der Waals surface area (Å²) in [5.74, 6) is 0.774. The molecule has 1 atom stereocenters. The van der Waals surface area contributed by atoms with Crippen molar-refractivity contribution in [3.63, 3.8) is 0 Å². The molecule has 0 heterocycles. The minimum atomic E-state index is 0.693. The molecular formula is C15H23Cl2N. The van der Waals surface area contributed by atoms with Gasteiger partial charge in [-0.05, 0) is 36.6 Å². The van der Waals surface area contributed by atoms with Crippen molar-refractivity contribution in [1.29, 1.82) is 0 Å². The molecule has 0 saturated heterocycles. The Morgan fingerprint density at radius 1 is 1.22 bits per heavy atom. The summed E-state index contributed by atoms with van der Waals surface area (Å²) in [6.45, 7) is 6.39. The van der Waals surface area contributed by atoms with Crippen molar-refractivity contribution in [1.82, 2.24) is 5.32 Å². The van der Waals surface area contributed by atoms with Crippen LogP contribution in [0.5, 0.6) is 0 Å². The van der Waals surface area contributed by atoms with E-state index in [2.05, 4.69) is 19.2 Å². The maximum Gasteiger partial charge on any atom is 0.0465 e. The van der Waals surface area contributed by atoms with Crippen LogP contribution >= 0.6 is 23.2 Å². The number of halogens is 2. The molecule has 0 amide bonds. The zero-order chi connectivity index (χ0) is 13.4. The molecule has 3 heteroatoms. The van der Waals surface area contributed by atoms with Gasteiger partial charge in [-0.3, -0.25) is 0 Å². The van der Waals surface area contributed by atoms with E-state index in [0.717, 1.165) is 29.6 Å². The zero-order valence-corrected chi connectivity index (χ0v) is 12.8. The molecule has 0 radical (unpaired) electrons. The van der Waals surface area contributed by atoms with E-state index in [0.29, 0.717) is 5.02 Å². The second-order valence-corrected chi connectivity index (χ2v) is 5.63. The smallest absolute Gasteiger partial charge is 0.0465 e. The monoisotopic (exact) mass is 287 g/mol. The highest BCUT2D eigenvalue weighted by Gasteiger charge is 2.06. The van der Waals surface area contributed by atoms with Crippen molar-refractivity contribution < 1.29 is 0 Å². The van der Waals surface area contributed by atoms with Gasteiger partial charge in [0.15, 0.2) is 0 Å². The van der Waals surface area contributed by atoms with Gasteiger partial charge < -0.3 is 5.32 Å². The van der Waals surface area contributed by atoms with Gasteiger partial charge in [-0.25, -0.2) is 0 Å². The zero-order valence-electron chi connectivity index (χ0n) is 11.3. The first-order valence-electron chi connectivity index (χ1n) is 6.82. The average Bonchev–Trinajstić information content (AvgIpc) is 2.36. The lowest BCUT2D eigenvalue weighted by Gasteiger charge is -2.15. The maximum absolute atomic E-state index is 6.14. The van der Waals surface area contributed by atoms with Crippen LogP contribution in [0, 0.1) is 5.92 Å². The quantitative estimate of drug-likeness (QED) is 0.684. The highest BCUT2D eigenvalue weighted by Crippen LogP contribution is 2.21. The fourth-order valence-corrected chi connectivity index (χ4v) is 2.49. The van der Waals surface area contributed by atoms with Crippen LogP contribution in [0.25, 0.3) is 0 Å². The van der Waals surface area contributed by atoms with E-state index in [-0.39, 0.29) is 0 Å². The van der Waals surface area contributed by atoms with E-state index >= 15 is 0 Å². The van der Waals surface area contributed by atoms with Crippen molar-refractivity contribution in [2.24, 2.45) is 5.92 Å². The van der Waals surface area contributed by atoms with Crippen LogP contribution in [-0.2, 0) is 6.54 Å². The topological polar surface area (TPSA) is 12.0 Å².